The normalized spacial score (nSPS) is 17.0. The summed E-state index contributed by atoms with van der Waals surface area (Å²) in [6.07, 6.45) is 2.48. The van der Waals surface area contributed by atoms with Gasteiger partial charge in [0, 0.05) is 6.26 Å². The number of nitrogens with zero attached hydrogens (tertiary/aromatic N) is 3. The molecule has 2 heterocycles. The van der Waals surface area contributed by atoms with E-state index in [0.29, 0.717) is 24.5 Å². The molecule has 1 N–H and O–H groups in total. The number of fused-ring (bicyclic) bond motifs is 1. The van der Waals surface area contributed by atoms with Crippen LogP contribution in [0.1, 0.15) is 11.1 Å². The van der Waals surface area contributed by atoms with Crippen molar-refractivity contribution in [1.82, 2.24) is 4.90 Å². The summed E-state index contributed by atoms with van der Waals surface area (Å²) in [5.41, 5.74) is 1.77. The number of sulfone groups is 1. The molecule has 0 spiro atoms. The number of amides is 1. The van der Waals surface area contributed by atoms with Gasteiger partial charge in [-0.2, -0.15) is 9.39 Å². The summed E-state index contributed by atoms with van der Waals surface area (Å²) in [6, 6.07) is 14.7. The van der Waals surface area contributed by atoms with E-state index in [0.717, 1.165) is 34.4 Å². The van der Waals surface area contributed by atoms with Gasteiger partial charge in [0.05, 0.1) is 17.5 Å². The summed E-state index contributed by atoms with van der Waals surface area (Å²) in [4.78, 5) is 17.4. The van der Waals surface area contributed by atoms with E-state index >= 15 is 0 Å². The minimum absolute atomic E-state index is 0.0298. The number of carbonyl (C=O) groups is 1. The number of amidine groups is 3. The molecule has 170 valence electrons. The maximum atomic E-state index is 12.4. The quantitative estimate of drug-likeness (QED) is 0.380. The molecule has 0 unspecified atom stereocenters. The third-order valence-corrected chi connectivity index (χ3v) is 6.41. The molecule has 0 aromatic heterocycles. The van der Waals surface area contributed by atoms with Crippen LogP contribution in [-0.4, -0.2) is 54.9 Å². The van der Waals surface area contributed by atoms with Gasteiger partial charge in [0.15, 0.2) is 0 Å². The number of nitrogens with one attached hydrogen (secondary N) is 1. The third-order valence-electron chi connectivity index (χ3n) is 4.66. The molecule has 0 bridgehead atoms. The molecule has 0 saturated carbocycles. The second-order valence-corrected chi connectivity index (χ2v) is 9.90. The fraction of sp³-hybridized carbons (Fsp3) is 0.182. The summed E-state index contributed by atoms with van der Waals surface area (Å²) in [6.45, 7) is 2.75. The highest BCUT2D eigenvalue weighted by atomic mass is 32.2. The minimum Gasteiger partial charge on any atom is -0.490 e. The lowest BCUT2D eigenvalue weighted by Crippen LogP contribution is -2.45. The van der Waals surface area contributed by atoms with Crippen LogP contribution in [0, 0.1) is 12.3 Å². The second kappa shape index (κ2) is 9.20. The predicted molar refractivity (Wildman–Crippen MR) is 128 cm³/mol. The van der Waals surface area contributed by atoms with Crippen LogP contribution in [-0.2, 0) is 14.6 Å². The van der Waals surface area contributed by atoms with Crippen LogP contribution >= 0.6 is 11.9 Å². The molecule has 0 saturated heterocycles. The molecule has 2 aliphatic rings. The van der Waals surface area contributed by atoms with Gasteiger partial charge in [-0.1, -0.05) is 29.8 Å². The van der Waals surface area contributed by atoms with E-state index in [1.54, 1.807) is 24.3 Å². The molecule has 2 aliphatic heterocycles. The first-order valence-corrected chi connectivity index (χ1v) is 12.5. The topological polar surface area (TPSA) is 121 Å². The lowest BCUT2D eigenvalue weighted by atomic mass is 10.1. The van der Waals surface area contributed by atoms with Gasteiger partial charge >= 0.3 is 0 Å². The maximum absolute atomic E-state index is 12.4. The molecule has 4 rings (SSSR count). The number of hydrogen-bond donors (Lipinski definition) is 1. The van der Waals surface area contributed by atoms with Gasteiger partial charge in [-0.15, -0.1) is 0 Å². The Hall–Kier alpha value is -3.44. The Morgan fingerprint density at radius 2 is 1.61 bits per heavy atom. The first kappa shape index (κ1) is 22.7. The number of benzene rings is 2. The Bertz CT molecular complexity index is 1300. The molecule has 0 aliphatic carbocycles. The number of rotatable bonds is 6. The first-order valence-electron chi connectivity index (χ1n) is 9.83. The van der Waals surface area contributed by atoms with Crippen LogP contribution in [0.15, 0.2) is 63.5 Å². The average Bonchev–Trinajstić information content (AvgIpc) is 3.21. The van der Waals surface area contributed by atoms with Crippen LogP contribution in [0.25, 0.3) is 6.08 Å². The van der Waals surface area contributed by atoms with Gasteiger partial charge in [-0.25, -0.2) is 13.3 Å². The number of carbonyl (C=O) groups excluding carboxylic acids is 1. The summed E-state index contributed by atoms with van der Waals surface area (Å²) in [5, 5.41) is 8.10. The Labute approximate surface area is 195 Å². The summed E-state index contributed by atoms with van der Waals surface area (Å²) in [5.74, 6) is 0.486. The molecule has 2 aromatic carbocycles. The van der Waals surface area contributed by atoms with Crippen molar-refractivity contribution in [3.63, 3.8) is 0 Å². The first-order chi connectivity index (χ1) is 15.7. The summed E-state index contributed by atoms with van der Waals surface area (Å²) < 4.78 is 39.1. The van der Waals surface area contributed by atoms with Crippen LogP contribution < -0.4 is 9.47 Å². The zero-order valence-corrected chi connectivity index (χ0v) is 19.4. The van der Waals surface area contributed by atoms with E-state index in [4.69, 9.17) is 14.9 Å². The molecule has 2 aromatic rings. The molecule has 0 atom stereocenters. The summed E-state index contributed by atoms with van der Waals surface area (Å²) in [7, 11) is -3.69. The van der Waals surface area contributed by atoms with Gasteiger partial charge in [0.1, 0.15) is 30.5 Å². The van der Waals surface area contributed by atoms with Crippen molar-refractivity contribution in [3.05, 3.63) is 65.2 Å². The van der Waals surface area contributed by atoms with E-state index in [1.165, 1.54) is 6.08 Å². The number of ether oxygens (including phenoxy) is 2. The molecular formula is C22H20N4O5S2. The average molecular weight is 485 g/mol. The molecule has 0 radical (unpaired) electrons. The molecular weight excluding hydrogens is 464 g/mol. The van der Waals surface area contributed by atoms with Crippen LogP contribution in [0.2, 0.25) is 0 Å². The van der Waals surface area contributed by atoms with E-state index in [2.05, 4.69) is 9.39 Å². The van der Waals surface area contributed by atoms with E-state index in [1.807, 2.05) is 31.2 Å². The van der Waals surface area contributed by atoms with Crippen molar-refractivity contribution in [3.8, 4) is 11.5 Å². The van der Waals surface area contributed by atoms with Crippen molar-refractivity contribution in [2.45, 2.75) is 6.92 Å². The number of aryl methyl sites for hydroxylation is 1. The largest absolute Gasteiger partial charge is 0.490 e. The number of hydrogen-bond acceptors (Lipinski definition) is 8. The second-order valence-electron chi connectivity index (χ2n) is 7.26. The lowest BCUT2D eigenvalue weighted by Gasteiger charge is -2.23. The molecule has 11 heteroatoms. The van der Waals surface area contributed by atoms with Gasteiger partial charge in [-0.05, 0) is 42.8 Å². The molecule has 0 fully saturated rings. The van der Waals surface area contributed by atoms with Crippen molar-refractivity contribution >= 4 is 49.9 Å². The summed E-state index contributed by atoms with van der Waals surface area (Å²) >= 11 is 0.757. The minimum atomic E-state index is -3.69. The predicted octanol–water partition coefficient (Wildman–Crippen LogP) is 3.07. The van der Waals surface area contributed by atoms with Crippen molar-refractivity contribution in [2.24, 2.45) is 9.39 Å². The SMILES string of the molecule is Cc1ccc(OCCOc2ccc(C=C3C(=N)N4C(=NC3=O)SN=C4S(C)(=O)=O)cc2)cc1. The van der Waals surface area contributed by atoms with Crippen LogP contribution in [0.4, 0.5) is 0 Å². The molecule has 33 heavy (non-hydrogen) atoms. The van der Waals surface area contributed by atoms with E-state index in [-0.39, 0.29) is 21.7 Å². The monoisotopic (exact) mass is 484 g/mol. The zero-order valence-electron chi connectivity index (χ0n) is 17.8. The zero-order chi connectivity index (χ0) is 23.6. The lowest BCUT2D eigenvalue weighted by molar-refractivity contribution is -0.114. The Balaban J connectivity index is 1.40. The number of aliphatic imine (C=N–C) groups is 1. The van der Waals surface area contributed by atoms with Gasteiger partial charge < -0.3 is 9.47 Å². The molecule has 1 amide bonds. The highest BCUT2D eigenvalue weighted by molar-refractivity contribution is 8.16. The highest BCUT2D eigenvalue weighted by Crippen LogP contribution is 2.29. The Kier molecular flexibility index (Phi) is 6.34. The van der Waals surface area contributed by atoms with Crippen LogP contribution in [0.5, 0.6) is 11.5 Å². The Morgan fingerprint density at radius 1 is 1.03 bits per heavy atom. The van der Waals surface area contributed by atoms with E-state index in [9.17, 15) is 13.2 Å². The van der Waals surface area contributed by atoms with Gasteiger partial charge in [0.25, 0.3) is 5.91 Å². The standard InChI is InChI=1S/C22H20N4O5S2/c1-14-3-7-16(8-4-14)30-11-12-31-17-9-5-15(6-10-17)13-18-19(23)26-21(24-20(18)27)32-25-22(26)33(2,28)29/h3-10,13,23H,11-12H2,1-2H3. The highest BCUT2D eigenvalue weighted by Gasteiger charge is 2.41. The fourth-order valence-electron chi connectivity index (χ4n) is 3.02. The van der Waals surface area contributed by atoms with Crippen molar-refractivity contribution in [2.75, 3.05) is 19.5 Å². The van der Waals surface area contributed by atoms with Crippen molar-refractivity contribution in [1.29, 1.82) is 5.41 Å². The maximum Gasteiger partial charge on any atom is 0.283 e. The van der Waals surface area contributed by atoms with Gasteiger partial charge in [-0.3, -0.25) is 10.2 Å². The van der Waals surface area contributed by atoms with Crippen LogP contribution in [0.3, 0.4) is 0 Å². The third kappa shape index (κ3) is 5.15. The van der Waals surface area contributed by atoms with E-state index < -0.39 is 15.7 Å². The fourth-order valence-corrected chi connectivity index (χ4v) is 4.86. The molecule has 9 nitrogen and oxygen atoms in total. The smallest absolute Gasteiger partial charge is 0.283 e. The van der Waals surface area contributed by atoms with Gasteiger partial charge in [0.2, 0.25) is 20.2 Å². The Morgan fingerprint density at radius 3 is 2.18 bits per heavy atom. The van der Waals surface area contributed by atoms with Crippen molar-refractivity contribution < 1.29 is 22.7 Å².